The Balaban J connectivity index is 2.23. The predicted molar refractivity (Wildman–Crippen MR) is 87.7 cm³/mol. The molecule has 126 valence electrons. The molecule has 1 aliphatic heterocycles. The fourth-order valence-corrected chi connectivity index (χ4v) is 2.47. The minimum atomic E-state index is -0.572. The summed E-state index contributed by atoms with van der Waals surface area (Å²) in [5.41, 5.74) is 1.65. The van der Waals surface area contributed by atoms with E-state index >= 15 is 0 Å². The zero-order valence-corrected chi connectivity index (χ0v) is 14.1. The van der Waals surface area contributed by atoms with Crippen molar-refractivity contribution in [3.8, 4) is 5.75 Å². The van der Waals surface area contributed by atoms with Crippen LogP contribution in [0.25, 0.3) is 0 Å². The SMILES string of the molecule is COCCNC(=O)CN1C(=O)[C@H](C(C)C)Oc2ccc(C)cc21. The Bertz CT molecular complexity index is 586. The number of benzene rings is 1. The highest BCUT2D eigenvalue weighted by Gasteiger charge is 2.37. The number of hydrogen-bond acceptors (Lipinski definition) is 4. The summed E-state index contributed by atoms with van der Waals surface area (Å²) in [7, 11) is 1.57. The van der Waals surface area contributed by atoms with Crippen molar-refractivity contribution in [3.63, 3.8) is 0 Å². The number of ether oxygens (including phenoxy) is 2. The summed E-state index contributed by atoms with van der Waals surface area (Å²) in [5.74, 6) is 0.266. The van der Waals surface area contributed by atoms with Crippen LogP contribution < -0.4 is 15.0 Å². The van der Waals surface area contributed by atoms with Crippen LogP contribution in [0.4, 0.5) is 5.69 Å². The third kappa shape index (κ3) is 4.01. The van der Waals surface area contributed by atoms with Crippen LogP contribution in [-0.2, 0) is 14.3 Å². The summed E-state index contributed by atoms with van der Waals surface area (Å²) >= 11 is 0. The second kappa shape index (κ2) is 7.46. The van der Waals surface area contributed by atoms with Crippen LogP contribution in [0, 0.1) is 12.8 Å². The topological polar surface area (TPSA) is 67.9 Å². The molecule has 0 fully saturated rings. The number of carbonyl (C=O) groups is 2. The maximum Gasteiger partial charge on any atom is 0.268 e. The fraction of sp³-hybridized carbons (Fsp3) is 0.529. The molecule has 6 heteroatoms. The average Bonchev–Trinajstić information content (AvgIpc) is 2.50. The first kappa shape index (κ1) is 17.3. The standard InChI is InChI=1S/C17H24N2O4/c1-11(2)16-17(21)19(10-15(20)18-7-8-22-4)13-9-12(3)5-6-14(13)23-16/h5-6,9,11,16H,7-8,10H2,1-4H3,(H,18,20)/t16-/m0/s1. The number of rotatable bonds is 6. The summed E-state index contributed by atoms with van der Waals surface area (Å²) in [6, 6.07) is 5.65. The summed E-state index contributed by atoms with van der Waals surface area (Å²) in [4.78, 5) is 26.3. The second-order valence-corrected chi connectivity index (χ2v) is 6.02. The number of carbonyl (C=O) groups excluding carboxylic acids is 2. The molecule has 0 aliphatic carbocycles. The number of nitrogens with one attached hydrogen (secondary N) is 1. The summed E-state index contributed by atoms with van der Waals surface area (Å²) in [6.45, 7) is 6.63. The summed E-state index contributed by atoms with van der Waals surface area (Å²) in [5, 5.41) is 2.74. The number of nitrogens with zero attached hydrogens (tertiary/aromatic N) is 1. The van der Waals surface area contributed by atoms with E-state index in [1.807, 2.05) is 39.0 Å². The highest BCUT2D eigenvalue weighted by Crippen LogP contribution is 2.36. The third-order valence-electron chi connectivity index (χ3n) is 3.70. The summed E-state index contributed by atoms with van der Waals surface area (Å²) < 4.78 is 10.7. The molecule has 1 aliphatic rings. The Morgan fingerprint density at radius 2 is 2.17 bits per heavy atom. The highest BCUT2D eigenvalue weighted by atomic mass is 16.5. The highest BCUT2D eigenvalue weighted by molar-refractivity contribution is 6.04. The molecule has 0 spiro atoms. The molecule has 1 heterocycles. The molecular formula is C17H24N2O4. The molecule has 0 saturated carbocycles. The van der Waals surface area contributed by atoms with Crippen LogP contribution in [0.3, 0.4) is 0 Å². The first-order valence-electron chi connectivity index (χ1n) is 7.78. The van der Waals surface area contributed by atoms with Crippen molar-refractivity contribution in [1.82, 2.24) is 5.32 Å². The van der Waals surface area contributed by atoms with Gasteiger partial charge in [0, 0.05) is 13.7 Å². The van der Waals surface area contributed by atoms with Crippen molar-refractivity contribution in [2.24, 2.45) is 5.92 Å². The molecule has 0 saturated heterocycles. The quantitative estimate of drug-likeness (QED) is 0.807. The van der Waals surface area contributed by atoms with Crippen molar-refractivity contribution in [1.29, 1.82) is 0 Å². The van der Waals surface area contributed by atoms with Crippen LogP contribution in [-0.4, -0.2) is 44.7 Å². The van der Waals surface area contributed by atoms with Crippen molar-refractivity contribution in [3.05, 3.63) is 23.8 Å². The van der Waals surface area contributed by atoms with Gasteiger partial charge in [0.1, 0.15) is 12.3 Å². The zero-order chi connectivity index (χ0) is 17.0. The Labute approximate surface area is 136 Å². The Morgan fingerprint density at radius 3 is 2.83 bits per heavy atom. The largest absolute Gasteiger partial charge is 0.478 e. The molecule has 0 unspecified atom stereocenters. The lowest BCUT2D eigenvalue weighted by atomic mass is 10.0. The van der Waals surface area contributed by atoms with Gasteiger partial charge in [-0.05, 0) is 30.5 Å². The van der Waals surface area contributed by atoms with Gasteiger partial charge in [0.2, 0.25) is 5.91 Å². The maximum atomic E-state index is 12.7. The van der Waals surface area contributed by atoms with E-state index in [-0.39, 0.29) is 24.3 Å². The van der Waals surface area contributed by atoms with Crippen molar-refractivity contribution < 1.29 is 19.1 Å². The Morgan fingerprint density at radius 1 is 1.43 bits per heavy atom. The number of hydrogen-bond donors (Lipinski definition) is 1. The van der Waals surface area contributed by atoms with E-state index in [9.17, 15) is 9.59 Å². The third-order valence-corrected chi connectivity index (χ3v) is 3.70. The minimum Gasteiger partial charge on any atom is -0.478 e. The van der Waals surface area contributed by atoms with Gasteiger partial charge in [0.05, 0.1) is 12.3 Å². The van der Waals surface area contributed by atoms with E-state index in [0.717, 1.165) is 5.56 Å². The smallest absolute Gasteiger partial charge is 0.268 e. The zero-order valence-electron chi connectivity index (χ0n) is 14.1. The molecule has 23 heavy (non-hydrogen) atoms. The van der Waals surface area contributed by atoms with E-state index in [1.165, 1.54) is 4.90 Å². The lowest BCUT2D eigenvalue weighted by Crippen LogP contribution is -2.51. The van der Waals surface area contributed by atoms with Gasteiger partial charge in [-0.25, -0.2) is 0 Å². The van der Waals surface area contributed by atoms with Crippen molar-refractivity contribution in [2.75, 3.05) is 31.7 Å². The normalized spacial score (nSPS) is 17.0. The number of aryl methyl sites for hydroxylation is 1. The molecule has 0 radical (unpaired) electrons. The number of methoxy groups -OCH3 is 1. The van der Waals surface area contributed by atoms with Gasteiger partial charge >= 0.3 is 0 Å². The lowest BCUT2D eigenvalue weighted by Gasteiger charge is -2.35. The van der Waals surface area contributed by atoms with E-state index in [1.54, 1.807) is 7.11 Å². The maximum absolute atomic E-state index is 12.7. The molecule has 2 rings (SSSR count). The number of anilines is 1. The van der Waals surface area contributed by atoms with E-state index in [0.29, 0.717) is 24.6 Å². The number of amides is 2. The van der Waals surface area contributed by atoms with Gasteiger partial charge in [-0.2, -0.15) is 0 Å². The Kier molecular flexibility index (Phi) is 5.60. The molecule has 2 amide bonds. The Hall–Kier alpha value is -2.08. The van der Waals surface area contributed by atoms with Crippen molar-refractivity contribution in [2.45, 2.75) is 26.9 Å². The molecule has 6 nitrogen and oxygen atoms in total. The van der Waals surface area contributed by atoms with Crippen LogP contribution in [0.5, 0.6) is 5.75 Å². The van der Waals surface area contributed by atoms with E-state index < -0.39 is 6.10 Å². The second-order valence-electron chi connectivity index (χ2n) is 6.02. The van der Waals surface area contributed by atoms with Crippen molar-refractivity contribution >= 4 is 17.5 Å². The van der Waals surface area contributed by atoms with Gasteiger partial charge in [-0.15, -0.1) is 0 Å². The van der Waals surface area contributed by atoms with Gasteiger partial charge in [0.25, 0.3) is 5.91 Å². The molecule has 1 N–H and O–H groups in total. The van der Waals surface area contributed by atoms with Gasteiger partial charge in [-0.3, -0.25) is 14.5 Å². The molecule has 1 atom stereocenters. The van der Waals surface area contributed by atoms with E-state index in [4.69, 9.17) is 9.47 Å². The minimum absolute atomic E-state index is 0.0222. The molecule has 1 aromatic carbocycles. The monoisotopic (exact) mass is 320 g/mol. The van der Waals surface area contributed by atoms with Crippen LogP contribution >= 0.6 is 0 Å². The fourth-order valence-electron chi connectivity index (χ4n) is 2.47. The molecule has 1 aromatic rings. The van der Waals surface area contributed by atoms with Crippen LogP contribution in [0.2, 0.25) is 0 Å². The molecule has 0 bridgehead atoms. The molecular weight excluding hydrogens is 296 g/mol. The van der Waals surface area contributed by atoms with Gasteiger partial charge in [0.15, 0.2) is 6.10 Å². The molecule has 0 aromatic heterocycles. The predicted octanol–water partition coefficient (Wildman–Crippen LogP) is 1.51. The van der Waals surface area contributed by atoms with Gasteiger partial charge in [-0.1, -0.05) is 19.9 Å². The average molecular weight is 320 g/mol. The van der Waals surface area contributed by atoms with Crippen LogP contribution in [0.15, 0.2) is 18.2 Å². The first-order chi connectivity index (χ1) is 10.9. The van der Waals surface area contributed by atoms with Crippen LogP contribution in [0.1, 0.15) is 19.4 Å². The number of fused-ring (bicyclic) bond motifs is 1. The first-order valence-corrected chi connectivity index (χ1v) is 7.78. The lowest BCUT2D eigenvalue weighted by molar-refractivity contribution is -0.130. The van der Waals surface area contributed by atoms with E-state index in [2.05, 4.69) is 5.32 Å². The summed E-state index contributed by atoms with van der Waals surface area (Å²) in [6.07, 6.45) is -0.572. The van der Waals surface area contributed by atoms with Gasteiger partial charge < -0.3 is 14.8 Å².